The number of rotatable bonds is 3. The Morgan fingerprint density at radius 2 is 2.21 bits per heavy atom. The molecule has 2 fully saturated rings. The molecule has 2 aliphatic heterocycles. The number of ether oxygens (including phenoxy) is 1. The van der Waals surface area contributed by atoms with Crippen LogP contribution in [0.4, 0.5) is 0 Å². The summed E-state index contributed by atoms with van der Waals surface area (Å²) >= 11 is 0. The van der Waals surface area contributed by atoms with Gasteiger partial charge in [-0.3, -0.25) is 0 Å². The van der Waals surface area contributed by atoms with E-state index in [4.69, 9.17) is 14.2 Å². The zero-order valence-corrected chi connectivity index (χ0v) is 11.7. The summed E-state index contributed by atoms with van der Waals surface area (Å²) in [7, 11) is 0. The van der Waals surface area contributed by atoms with Crippen LogP contribution in [0.3, 0.4) is 0 Å². The van der Waals surface area contributed by atoms with E-state index in [0.29, 0.717) is 5.92 Å². The van der Waals surface area contributed by atoms with Crippen LogP contribution < -0.4 is 5.32 Å². The molecule has 5 nitrogen and oxygen atoms in total. The normalized spacial score (nSPS) is 27.3. The summed E-state index contributed by atoms with van der Waals surface area (Å²) in [6, 6.07) is 0. The van der Waals surface area contributed by atoms with E-state index < -0.39 is 0 Å². The molecule has 0 bridgehead atoms. The molecule has 5 heteroatoms. The van der Waals surface area contributed by atoms with Crippen molar-refractivity contribution in [1.82, 2.24) is 15.5 Å². The van der Waals surface area contributed by atoms with E-state index >= 15 is 0 Å². The van der Waals surface area contributed by atoms with Gasteiger partial charge in [0.25, 0.3) is 0 Å². The first-order valence-electron chi connectivity index (χ1n) is 7.46. The van der Waals surface area contributed by atoms with Gasteiger partial charge in [-0.05, 0) is 45.2 Å². The van der Waals surface area contributed by atoms with Gasteiger partial charge in [0, 0.05) is 12.5 Å². The summed E-state index contributed by atoms with van der Waals surface area (Å²) in [6.45, 7) is 5.90. The Balaban J connectivity index is 1.79. The smallest absolute Gasteiger partial charge is 0.232 e. The predicted molar refractivity (Wildman–Crippen MR) is 71.2 cm³/mol. The SMILES string of the molecule is CCC1(c2nc(C3CCCOC3)no2)CCNCC1. The van der Waals surface area contributed by atoms with Crippen molar-refractivity contribution in [1.29, 1.82) is 0 Å². The number of hydrogen-bond acceptors (Lipinski definition) is 5. The first-order valence-corrected chi connectivity index (χ1v) is 7.46. The summed E-state index contributed by atoms with van der Waals surface area (Å²) in [5.74, 6) is 2.01. The highest BCUT2D eigenvalue weighted by atomic mass is 16.5. The number of aromatic nitrogens is 2. The van der Waals surface area contributed by atoms with Gasteiger partial charge in [-0.15, -0.1) is 0 Å². The van der Waals surface area contributed by atoms with E-state index in [-0.39, 0.29) is 5.41 Å². The Labute approximate surface area is 114 Å². The molecule has 0 aliphatic carbocycles. The van der Waals surface area contributed by atoms with E-state index in [2.05, 4.69) is 17.4 Å². The summed E-state index contributed by atoms with van der Waals surface area (Å²) in [4.78, 5) is 4.72. The van der Waals surface area contributed by atoms with Crippen molar-refractivity contribution in [2.75, 3.05) is 26.3 Å². The highest BCUT2D eigenvalue weighted by Crippen LogP contribution is 2.36. The maximum absolute atomic E-state index is 5.61. The minimum Gasteiger partial charge on any atom is -0.381 e. The molecule has 1 atom stereocenters. The molecule has 0 saturated carbocycles. The van der Waals surface area contributed by atoms with Gasteiger partial charge in [-0.1, -0.05) is 12.1 Å². The lowest BCUT2D eigenvalue weighted by atomic mass is 9.76. The molecule has 3 heterocycles. The second-order valence-corrected chi connectivity index (χ2v) is 5.76. The van der Waals surface area contributed by atoms with Gasteiger partial charge in [-0.25, -0.2) is 0 Å². The first-order chi connectivity index (χ1) is 9.34. The molecule has 1 aromatic rings. The van der Waals surface area contributed by atoms with Crippen LogP contribution in [0.1, 0.15) is 56.7 Å². The number of nitrogens with one attached hydrogen (secondary N) is 1. The first kappa shape index (κ1) is 13.1. The second-order valence-electron chi connectivity index (χ2n) is 5.76. The number of piperidine rings is 1. The molecule has 0 spiro atoms. The van der Waals surface area contributed by atoms with Crippen LogP contribution in [0.25, 0.3) is 0 Å². The van der Waals surface area contributed by atoms with Gasteiger partial charge in [0.15, 0.2) is 5.82 Å². The van der Waals surface area contributed by atoms with Crippen LogP contribution in [-0.2, 0) is 10.2 Å². The molecule has 0 aromatic carbocycles. The zero-order valence-electron chi connectivity index (χ0n) is 11.7. The van der Waals surface area contributed by atoms with Gasteiger partial charge in [0.1, 0.15) is 0 Å². The van der Waals surface area contributed by atoms with Gasteiger partial charge in [0.2, 0.25) is 5.89 Å². The van der Waals surface area contributed by atoms with Crippen molar-refractivity contribution in [2.24, 2.45) is 0 Å². The molecule has 2 aliphatic rings. The lowest BCUT2D eigenvalue weighted by Crippen LogP contribution is -2.39. The highest BCUT2D eigenvalue weighted by molar-refractivity contribution is 5.09. The van der Waals surface area contributed by atoms with Crippen molar-refractivity contribution in [3.8, 4) is 0 Å². The van der Waals surface area contributed by atoms with E-state index in [1.165, 1.54) is 0 Å². The summed E-state index contributed by atoms with van der Waals surface area (Å²) in [5.41, 5.74) is 0.0893. The number of nitrogens with zero attached hydrogens (tertiary/aromatic N) is 2. The lowest BCUT2D eigenvalue weighted by molar-refractivity contribution is 0.0773. The third kappa shape index (κ3) is 2.54. The summed E-state index contributed by atoms with van der Waals surface area (Å²) in [6.07, 6.45) is 5.45. The Kier molecular flexibility index (Phi) is 3.84. The Hall–Kier alpha value is -0.940. The topological polar surface area (TPSA) is 60.2 Å². The molecule has 3 rings (SSSR count). The van der Waals surface area contributed by atoms with Crippen molar-refractivity contribution in [2.45, 2.75) is 50.4 Å². The summed E-state index contributed by atoms with van der Waals surface area (Å²) in [5, 5.41) is 7.63. The van der Waals surface area contributed by atoms with Gasteiger partial charge in [-0.2, -0.15) is 4.98 Å². The fourth-order valence-corrected chi connectivity index (χ4v) is 3.18. The quantitative estimate of drug-likeness (QED) is 0.905. The second kappa shape index (κ2) is 5.59. The minimum absolute atomic E-state index is 0.0893. The molecular formula is C14H23N3O2. The van der Waals surface area contributed by atoms with Crippen LogP contribution in [0, 0.1) is 0 Å². The van der Waals surface area contributed by atoms with Crippen LogP contribution in [0.5, 0.6) is 0 Å². The average molecular weight is 265 g/mol. The molecule has 1 aromatic heterocycles. The largest absolute Gasteiger partial charge is 0.381 e. The Morgan fingerprint density at radius 3 is 2.89 bits per heavy atom. The third-order valence-electron chi connectivity index (χ3n) is 4.66. The standard InChI is InChI=1S/C14H23N3O2/c1-2-14(5-7-15-8-6-14)13-16-12(17-19-13)11-4-3-9-18-10-11/h11,15H,2-10H2,1H3. The Bertz CT molecular complexity index is 407. The highest BCUT2D eigenvalue weighted by Gasteiger charge is 2.38. The van der Waals surface area contributed by atoms with E-state index in [0.717, 1.165) is 70.1 Å². The fourth-order valence-electron chi connectivity index (χ4n) is 3.18. The lowest BCUT2D eigenvalue weighted by Gasteiger charge is -2.33. The zero-order chi connectivity index (χ0) is 13.1. The molecular weight excluding hydrogens is 242 g/mol. The van der Waals surface area contributed by atoms with Gasteiger partial charge >= 0.3 is 0 Å². The fraction of sp³-hybridized carbons (Fsp3) is 0.857. The monoisotopic (exact) mass is 265 g/mol. The average Bonchev–Trinajstić information content (AvgIpc) is 2.99. The van der Waals surface area contributed by atoms with E-state index in [1.807, 2.05) is 0 Å². The van der Waals surface area contributed by atoms with Crippen LogP contribution in [0.15, 0.2) is 4.52 Å². The maximum atomic E-state index is 5.61. The van der Waals surface area contributed by atoms with Gasteiger partial charge in [0.05, 0.1) is 12.0 Å². The van der Waals surface area contributed by atoms with Crippen molar-refractivity contribution < 1.29 is 9.26 Å². The van der Waals surface area contributed by atoms with Crippen molar-refractivity contribution in [3.05, 3.63) is 11.7 Å². The minimum atomic E-state index is 0.0893. The Morgan fingerprint density at radius 1 is 1.37 bits per heavy atom. The molecule has 2 saturated heterocycles. The maximum Gasteiger partial charge on any atom is 0.232 e. The van der Waals surface area contributed by atoms with Crippen LogP contribution in [-0.4, -0.2) is 36.4 Å². The van der Waals surface area contributed by atoms with Gasteiger partial charge < -0.3 is 14.6 Å². The molecule has 19 heavy (non-hydrogen) atoms. The molecule has 0 amide bonds. The number of hydrogen-bond donors (Lipinski definition) is 1. The predicted octanol–water partition coefficient (Wildman–Crippen LogP) is 1.99. The molecule has 1 unspecified atom stereocenters. The van der Waals surface area contributed by atoms with Crippen molar-refractivity contribution in [3.63, 3.8) is 0 Å². The van der Waals surface area contributed by atoms with Crippen LogP contribution in [0.2, 0.25) is 0 Å². The van der Waals surface area contributed by atoms with Crippen molar-refractivity contribution >= 4 is 0 Å². The molecule has 0 radical (unpaired) electrons. The summed E-state index contributed by atoms with van der Waals surface area (Å²) < 4.78 is 11.1. The van der Waals surface area contributed by atoms with E-state index in [1.54, 1.807) is 0 Å². The van der Waals surface area contributed by atoms with E-state index in [9.17, 15) is 0 Å². The van der Waals surface area contributed by atoms with Crippen LogP contribution >= 0.6 is 0 Å². The third-order valence-corrected chi connectivity index (χ3v) is 4.66. The molecule has 106 valence electrons. The molecule has 1 N–H and O–H groups in total.